The second-order valence-electron chi connectivity index (χ2n) is 13.4. The number of carbonyl (C=O) groups excluding carboxylic acids is 3. The number of likely N-dealkylation sites (tertiary alicyclic amines) is 2. The van der Waals surface area contributed by atoms with Crippen molar-refractivity contribution >= 4 is 23.5 Å². The third-order valence-electron chi connectivity index (χ3n) is 10.5. The summed E-state index contributed by atoms with van der Waals surface area (Å²) >= 11 is 0. The van der Waals surface area contributed by atoms with Crippen molar-refractivity contribution < 1.29 is 27.6 Å². The predicted octanol–water partition coefficient (Wildman–Crippen LogP) is 5.53. The van der Waals surface area contributed by atoms with E-state index in [9.17, 15) is 27.6 Å². The van der Waals surface area contributed by atoms with Crippen molar-refractivity contribution in [3.05, 3.63) is 65.2 Å². The van der Waals surface area contributed by atoms with Gasteiger partial charge >= 0.3 is 12.2 Å². The number of carbonyl (C=O) groups is 3. The lowest BCUT2D eigenvalue weighted by molar-refractivity contribution is -0.143. The average molecular weight is 640 g/mol. The number of rotatable bonds is 7. The van der Waals surface area contributed by atoms with Crippen LogP contribution in [-0.4, -0.2) is 77.9 Å². The lowest BCUT2D eigenvalue weighted by Crippen LogP contribution is -2.51. The third-order valence-corrected chi connectivity index (χ3v) is 10.5. The van der Waals surface area contributed by atoms with Gasteiger partial charge in [0.2, 0.25) is 11.8 Å². The molecular weight excluding hydrogens is 595 g/mol. The van der Waals surface area contributed by atoms with Gasteiger partial charge in [0, 0.05) is 50.9 Å². The second-order valence-corrected chi connectivity index (χ2v) is 13.4. The van der Waals surface area contributed by atoms with Crippen LogP contribution in [0.15, 0.2) is 48.5 Å². The summed E-state index contributed by atoms with van der Waals surface area (Å²) in [5, 5.41) is 6.37. The van der Waals surface area contributed by atoms with E-state index in [1.807, 2.05) is 34.1 Å². The van der Waals surface area contributed by atoms with Gasteiger partial charge in [-0.2, -0.15) is 13.2 Å². The Labute approximate surface area is 268 Å². The normalized spacial score (nSPS) is 21.1. The summed E-state index contributed by atoms with van der Waals surface area (Å²) in [7, 11) is 0. The van der Waals surface area contributed by atoms with Crippen LogP contribution in [0.5, 0.6) is 0 Å². The van der Waals surface area contributed by atoms with Crippen LogP contribution >= 0.6 is 0 Å². The molecule has 0 aromatic heterocycles. The first-order valence-electron chi connectivity index (χ1n) is 16.7. The first-order valence-corrected chi connectivity index (χ1v) is 16.7. The summed E-state index contributed by atoms with van der Waals surface area (Å²) in [5.41, 5.74) is 1.53. The van der Waals surface area contributed by atoms with E-state index < -0.39 is 17.7 Å². The SMILES string of the molecule is O=C(C[C@@H](Cc1cccc(C(F)(F)F)c1)C(=O)N1CCC(C2CCNCC2)CC1)N1CCC(N2Cc3ccccc3NC2=O)CC1. The number of piperidine rings is 3. The lowest BCUT2D eigenvalue weighted by Gasteiger charge is -2.41. The van der Waals surface area contributed by atoms with E-state index in [-0.39, 0.29) is 36.7 Å². The molecule has 4 aliphatic rings. The number of nitrogens with one attached hydrogen (secondary N) is 2. The monoisotopic (exact) mass is 639 g/mol. The van der Waals surface area contributed by atoms with Crippen LogP contribution in [0.4, 0.5) is 23.7 Å². The van der Waals surface area contributed by atoms with Crippen molar-refractivity contribution in [1.29, 1.82) is 0 Å². The van der Waals surface area contributed by atoms with Gasteiger partial charge in [0.1, 0.15) is 0 Å². The number of nitrogens with zero attached hydrogens (tertiary/aromatic N) is 3. The van der Waals surface area contributed by atoms with E-state index in [1.165, 1.54) is 6.07 Å². The molecule has 3 fully saturated rings. The van der Waals surface area contributed by atoms with Crippen molar-refractivity contribution in [2.24, 2.45) is 17.8 Å². The highest BCUT2D eigenvalue weighted by Gasteiger charge is 2.37. The van der Waals surface area contributed by atoms with Crippen LogP contribution in [0.1, 0.15) is 61.6 Å². The summed E-state index contributed by atoms with van der Waals surface area (Å²) in [4.78, 5) is 45.9. The number of fused-ring (bicyclic) bond motifs is 1. The predicted molar refractivity (Wildman–Crippen MR) is 169 cm³/mol. The molecule has 0 radical (unpaired) electrons. The first kappa shape index (κ1) is 32.3. The Balaban J connectivity index is 1.10. The van der Waals surface area contributed by atoms with Gasteiger partial charge in [0.15, 0.2) is 0 Å². The average Bonchev–Trinajstić information content (AvgIpc) is 3.07. The van der Waals surface area contributed by atoms with Crippen molar-refractivity contribution in [3.8, 4) is 0 Å². The second kappa shape index (κ2) is 14.0. The van der Waals surface area contributed by atoms with E-state index in [0.29, 0.717) is 63.0 Å². The van der Waals surface area contributed by atoms with Crippen LogP contribution in [0.3, 0.4) is 0 Å². The molecule has 2 N–H and O–H groups in total. The number of anilines is 1. The minimum absolute atomic E-state index is 0.0128. The molecular formula is C35H44F3N5O3. The van der Waals surface area contributed by atoms with Crippen LogP contribution < -0.4 is 10.6 Å². The summed E-state index contributed by atoms with van der Waals surface area (Å²) in [6, 6.07) is 12.7. The van der Waals surface area contributed by atoms with Gasteiger partial charge in [0.05, 0.1) is 11.5 Å². The Hall–Kier alpha value is -3.60. The van der Waals surface area contributed by atoms with Crippen LogP contribution in [0.25, 0.3) is 0 Å². The lowest BCUT2D eigenvalue weighted by atomic mass is 9.79. The molecule has 4 aliphatic heterocycles. The standard InChI is InChI=1S/C35H44F3N5O3/c36-35(37,38)29-6-3-4-24(21-29)20-28(33(45)42-16-10-26(11-17-42)25-8-14-39-15-9-25)22-32(44)41-18-12-30(13-19-41)43-23-27-5-1-2-7-31(27)40-34(43)46/h1-7,21,25-26,28,30,39H,8-20,22-23H2,(H,40,46)/t28-/m1/s1. The summed E-state index contributed by atoms with van der Waals surface area (Å²) < 4.78 is 40.5. The van der Waals surface area contributed by atoms with Gasteiger partial charge in [-0.15, -0.1) is 0 Å². The maximum atomic E-state index is 14.0. The molecule has 11 heteroatoms. The number of alkyl halides is 3. The molecule has 3 saturated heterocycles. The highest BCUT2D eigenvalue weighted by molar-refractivity contribution is 5.92. The molecule has 0 bridgehead atoms. The molecule has 0 spiro atoms. The summed E-state index contributed by atoms with van der Waals surface area (Å²) in [5.74, 6) is 0.185. The fourth-order valence-electron chi connectivity index (χ4n) is 7.86. The largest absolute Gasteiger partial charge is 0.416 e. The zero-order chi connectivity index (χ0) is 32.3. The minimum Gasteiger partial charge on any atom is -0.343 e. The quantitative estimate of drug-likeness (QED) is 0.418. The van der Waals surface area contributed by atoms with Gasteiger partial charge in [-0.05, 0) is 93.1 Å². The number of amides is 4. The summed E-state index contributed by atoms with van der Waals surface area (Å²) in [6.45, 7) is 4.73. The fraction of sp³-hybridized carbons (Fsp3) is 0.571. The molecule has 2 aromatic carbocycles. The minimum atomic E-state index is -4.49. The van der Waals surface area contributed by atoms with Gasteiger partial charge in [-0.1, -0.05) is 36.4 Å². The van der Waals surface area contributed by atoms with Crippen LogP contribution in [0.2, 0.25) is 0 Å². The van der Waals surface area contributed by atoms with E-state index in [0.717, 1.165) is 62.2 Å². The molecule has 8 nitrogen and oxygen atoms in total. The highest BCUT2D eigenvalue weighted by atomic mass is 19.4. The maximum Gasteiger partial charge on any atom is 0.416 e. The van der Waals surface area contributed by atoms with Crippen molar-refractivity contribution in [3.63, 3.8) is 0 Å². The van der Waals surface area contributed by atoms with Gasteiger partial charge < -0.3 is 25.3 Å². The molecule has 2 aromatic rings. The smallest absolute Gasteiger partial charge is 0.343 e. The van der Waals surface area contributed by atoms with E-state index >= 15 is 0 Å². The zero-order valence-electron chi connectivity index (χ0n) is 26.2. The number of halogens is 3. The number of benzene rings is 2. The molecule has 46 heavy (non-hydrogen) atoms. The number of hydrogen-bond acceptors (Lipinski definition) is 4. The fourth-order valence-corrected chi connectivity index (χ4v) is 7.86. The molecule has 1 atom stereocenters. The molecule has 4 amide bonds. The molecule has 0 unspecified atom stereocenters. The molecule has 248 valence electrons. The van der Waals surface area contributed by atoms with Crippen LogP contribution in [0, 0.1) is 17.8 Å². The highest BCUT2D eigenvalue weighted by Crippen LogP contribution is 2.34. The van der Waals surface area contributed by atoms with Crippen molar-refractivity contribution in [1.82, 2.24) is 20.0 Å². The van der Waals surface area contributed by atoms with Gasteiger partial charge in [0.25, 0.3) is 0 Å². The molecule has 0 aliphatic carbocycles. The molecule has 4 heterocycles. The van der Waals surface area contributed by atoms with Crippen LogP contribution in [-0.2, 0) is 28.7 Å². The topological polar surface area (TPSA) is 85.0 Å². The van der Waals surface area contributed by atoms with Crippen molar-refractivity contribution in [2.45, 2.75) is 70.1 Å². The van der Waals surface area contributed by atoms with E-state index in [2.05, 4.69) is 10.6 Å². The Morgan fingerprint density at radius 1 is 0.848 bits per heavy atom. The van der Waals surface area contributed by atoms with Crippen molar-refractivity contribution in [2.75, 3.05) is 44.6 Å². The third kappa shape index (κ3) is 7.51. The van der Waals surface area contributed by atoms with Gasteiger partial charge in [-0.25, -0.2) is 4.79 Å². The van der Waals surface area contributed by atoms with Gasteiger partial charge in [-0.3, -0.25) is 9.59 Å². The number of hydrogen-bond donors (Lipinski definition) is 2. The Bertz CT molecular complexity index is 1400. The van der Waals surface area contributed by atoms with E-state index in [4.69, 9.17) is 0 Å². The Kier molecular flexibility index (Phi) is 9.86. The number of urea groups is 1. The maximum absolute atomic E-state index is 14.0. The molecule has 6 rings (SSSR count). The first-order chi connectivity index (χ1) is 22.2. The molecule has 0 saturated carbocycles. The van der Waals surface area contributed by atoms with E-state index in [1.54, 1.807) is 11.0 Å². The Morgan fingerprint density at radius 2 is 1.52 bits per heavy atom. The summed E-state index contributed by atoms with van der Waals surface area (Å²) in [6.07, 6.45) is 0.925. The Morgan fingerprint density at radius 3 is 2.24 bits per heavy atom. The zero-order valence-corrected chi connectivity index (χ0v) is 26.2. The number of para-hydroxylation sites is 1.